The van der Waals surface area contributed by atoms with Crippen LogP contribution in [0.15, 0.2) is 36.4 Å². The molecule has 1 saturated heterocycles. The van der Waals surface area contributed by atoms with E-state index in [1.165, 1.54) is 19.2 Å². The summed E-state index contributed by atoms with van der Waals surface area (Å²) < 4.78 is 45.1. The summed E-state index contributed by atoms with van der Waals surface area (Å²) in [5, 5.41) is 2.58. The molecule has 0 radical (unpaired) electrons. The number of esters is 1. The topological polar surface area (TPSA) is 75.7 Å². The summed E-state index contributed by atoms with van der Waals surface area (Å²) in [6.45, 7) is -0.191. The fourth-order valence-corrected chi connectivity index (χ4v) is 2.93. The zero-order chi connectivity index (χ0) is 20.4. The van der Waals surface area contributed by atoms with Crippen molar-refractivity contribution in [3.63, 3.8) is 0 Å². The number of nitrogens with one attached hydrogen (secondary N) is 1. The largest absolute Gasteiger partial charge is 0.465 e. The van der Waals surface area contributed by atoms with Gasteiger partial charge in [0.1, 0.15) is 0 Å². The molecule has 2 amide bonds. The van der Waals surface area contributed by atoms with E-state index < -0.39 is 46.8 Å². The van der Waals surface area contributed by atoms with E-state index >= 15 is 0 Å². The van der Waals surface area contributed by atoms with Crippen molar-refractivity contribution < 1.29 is 32.3 Å². The minimum Gasteiger partial charge on any atom is -0.465 e. The van der Waals surface area contributed by atoms with E-state index in [0.717, 1.165) is 11.0 Å². The van der Waals surface area contributed by atoms with Crippen molar-refractivity contribution in [2.45, 2.75) is 6.42 Å². The molecule has 1 aliphatic rings. The first-order chi connectivity index (χ1) is 13.3. The van der Waals surface area contributed by atoms with Gasteiger partial charge in [0.2, 0.25) is 11.8 Å². The Labute approximate surface area is 157 Å². The molecule has 1 atom stereocenters. The van der Waals surface area contributed by atoms with E-state index in [9.17, 15) is 27.6 Å². The van der Waals surface area contributed by atoms with Gasteiger partial charge in [0.15, 0.2) is 17.5 Å². The average molecular weight is 392 g/mol. The van der Waals surface area contributed by atoms with Gasteiger partial charge < -0.3 is 15.0 Å². The van der Waals surface area contributed by atoms with Crippen molar-refractivity contribution in [1.29, 1.82) is 0 Å². The maximum Gasteiger partial charge on any atom is 0.337 e. The van der Waals surface area contributed by atoms with Crippen molar-refractivity contribution in [1.82, 2.24) is 0 Å². The monoisotopic (exact) mass is 392 g/mol. The van der Waals surface area contributed by atoms with Crippen LogP contribution in [0.2, 0.25) is 0 Å². The van der Waals surface area contributed by atoms with E-state index in [4.69, 9.17) is 0 Å². The van der Waals surface area contributed by atoms with Crippen LogP contribution in [0, 0.1) is 23.4 Å². The molecule has 1 fully saturated rings. The van der Waals surface area contributed by atoms with Crippen LogP contribution in [0.3, 0.4) is 0 Å². The lowest BCUT2D eigenvalue weighted by Gasteiger charge is -2.18. The fourth-order valence-electron chi connectivity index (χ4n) is 2.93. The maximum atomic E-state index is 14.0. The molecule has 0 aliphatic carbocycles. The molecule has 6 nitrogen and oxygen atoms in total. The third-order valence-corrected chi connectivity index (χ3v) is 4.35. The van der Waals surface area contributed by atoms with Crippen LogP contribution in [0.4, 0.5) is 24.5 Å². The molecule has 9 heteroatoms. The standard InChI is InChI=1S/C19H15F3N2O4/c1-28-19(27)10-3-2-4-12(7-10)23-18(26)11-8-15(25)24(9-11)14-6-5-13(20)16(21)17(14)22/h2-7,11H,8-9H2,1H3,(H,23,26). The molecule has 1 aliphatic heterocycles. The molecular weight excluding hydrogens is 377 g/mol. The fraction of sp³-hybridized carbons (Fsp3) is 0.211. The van der Waals surface area contributed by atoms with Gasteiger partial charge in [-0.2, -0.15) is 0 Å². The molecule has 0 aromatic heterocycles. The SMILES string of the molecule is COC(=O)c1cccc(NC(=O)C2CC(=O)N(c3ccc(F)c(F)c3F)C2)c1. The number of carbonyl (C=O) groups excluding carboxylic acids is 3. The number of rotatable bonds is 4. The Balaban J connectivity index is 1.74. The van der Waals surface area contributed by atoms with E-state index in [0.29, 0.717) is 11.8 Å². The van der Waals surface area contributed by atoms with Crippen LogP contribution < -0.4 is 10.2 Å². The molecule has 3 rings (SSSR count). The lowest BCUT2D eigenvalue weighted by atomic mass is 10.1. The maximum absolute atomic E-state index is 14.0. The molecular formula is C19H15F3N2O4. The Morgan fingerprint density at radius 1 is 1.14 bits per heavy atom. The second-order valence-electron chi connectivity index (χ2n) is 6.16. The Bertz CT molecular complexity index is 964. The second-order valence-corrected chi connectivity index (χ2v) is 6.16. The van der Waals surface area contributed by atoms with Crippen LogP contribution in [-0.2, 0) is 14.3 Å². The van der Waals surface area contributed by atoms with Gasteiger partial charge in [0, 0.05) is 18.7 Å². The van der Waals surface area contributed by atoms with Crippen LogP contribution in [0.5, 0.6) is 0 Å². The van der Waals surface area contributed by atoms with Crippen molar-refractivity contribution in [3.8, 4) is 0 Å². The Kier molecular flexibility index (Phi) is 5.34. The predicted molar refractivity (Wildman–Crippen MR) is 93.2 cm³/mol. The van der Waals surface area contributed by atoms with Gasteiger partial charge in [-0.05, 0) is 30.3 Å². The highest BCUT2D eigenvalue weighted by molar-refractivity contribution is 6.04. The molecule has 2 aromatic rings. The quantitative estimate of drug-likeness (QED) is 0.641. The highest BCUT2D eigenvalue weighted by Crippen LogP contribution is 2.30. The van der Waals surface area contributed by atoms with Crippen molar-refractivity contribution in [2.75, 3.05) is 23.9 Å². The highest BCUT2D eigenvalue weighted by Gasteiger charge is 2.37. The molecule has 2 aromatic carbocycles. The van der Waals surface area contributed by atoms with Crippen LogP contribution in [-0.4, -0.2) is 31.4 Å². The Morgan fingerprint density at radius 2 is 1.89 bits per heavy atom. The predicted octanol–water partition coefficient (Wildman–Crippen LogP) is 2.88. The molecule has 0 bridgehead atoms. The number of methoxy groups -OCH3 is 1. The summed E-state index contributed by atoms with van der Waals surface area (Å²) in [7, 11) is 1.23. The Morgan fingerprint density at radius 3 is 2.61 bits per heavy atom. The van der Waals surface area contributed by atoms with Gasteiger partial charge >= 0.3 is 5.97 Å². The smallest absolute Gasteiger partial charge is 0.337 e. The first-order valence-electron chi connectivity index (χ1n) is 8.25. The number of hydrogen-bond acceptors (Lipinski definition) is 4. The van der Waals surface area contributed by atoms with E-state index in [1.807, 2.05) is 0 Å². The lowest BCUT2D eigenvalue weighted by molar-refractivity contribution is -0.122. The minimum absolute atomic E-state index is 0.191. The average Bonchev–Trinajstić information content (AvgIpc) is 3.07. The first kappa shape index (κ1) is 19.4. The molecule has 0 saturated carbocycles. The number of halogens is 3. The molecule has 146 valence electrons. The van der Waals surface area contributed by atoms with Gasteiger partial charge in [-0.1, -0.05) is 6.07 Å². The molecule has 0 spiro atoms. The summed E-state index contributed by atoms with van der Waals surface area (Å²) in [4.78, 5) is 37.1. The van der Waals surface area contributed by atoms with Gasteiger partial charge in [0.05, 0.1) is 24.3 Å². The minimum atomic E-state index is -1.68. The van der Waals surface area contributed by atoms with E-state index in [1.54, 1.807) is 12.1 Å². The molecule has 1 N–H and O–H groups in total. The lowest BCUT2D eigenvalue weighted by Crippen LogP contribution is -2.29. The van der Waals surface area contributed by atoms with Gasteiger partial charge in [-0.15, -0.1) is 0 Å². The number of amides is 2. The summed E-state index contributed by atoms with van der Waals surface area (Å²) in [6, 6.07) is 7.68. The summed E-state index contributed by atoms with van der Waals surface area (Å²) in [5.41, 5.74) is 0.123. The van der Waals surface area contributed by atoms with Crippen molar-refractivity contribution in [2.24, 2.45) is 5.92 Å². The van der Waals surface area contributed by atoms with Crippen LogP contribution in [0.1, 0.15) is 16.8 Å². The van der Waals surface area contributed by atoms with Crippen LogP contribution >= 0.6 is 0 Å². The molecule has 1 heterocycles. The number of benzene rings is 2. The number of nitrogens with zero attached hydrogens (tertiary/aromatic N) is 1. The second kappa shape index (κ2) is 7.71. The highest BCUT2D eigenvalue weighted by atomic mass is 19.2. The van der Waals surface area contributed by atoms with E-state index in [-0.39, 0.29) is 18.5 Å². The number of carbonyl (C=O) groups is 3. The number of anilines is 2. The molecule has 1 unspecified atom stereocenters. The van der Waals surface area contributed by atoms with E-state index in [2.05, 4.69) is 10.1 Å². The summed E-state index contributed by atoms with van der Waals surface area (Å²) in [5.74, 6) is -7.06. The summed E-state index contributed by atoms with van der Waals surface area (Å²) >= 11 is 0. The summed E-state index contributed by atoms with van der Waals surface area (Å²) in [6.07, 6.45) is -0.221. The zero-order valence-electron chi connectivity index (χ0n) is 14.7. The van der Waals surface area contributed by atoms with Gasteiger partial charge in [-0.3, -0.25) is 9.59 Å². The third-order valence-electron chi connectivity index (χ3n) is 4.35. The van der Waals surface area contributed by atoms with Crippen molar-refractivity contribution >= 4 is 29.2 Å². The van der Waals surface area contributed by atoms with Gasteiger partial charge in [-0.25, -0.2) is 18.0 Å². The first-order valence-corrected chi connectivity index (χ1v) is 8.25. The zero-order valence-corrected chi connectivity index (χ0v) is 14.7. The Hall–Kier alpha value is -3.36. The van der Waals surface area contributed by atoms with Gasteiger partial charge in [0.25, 0.3) is 0 Å². The normalized spacial score (nSPS) is 16.2. The third kappa shape index (κ3) is 3.68. The number of hydrogen-bond donors (Lipinski definition) is 1. The molecule has 28 heavy (non-hydrogen) atoms. The number of ether oxygens (including phenoxy) is 1. The van der Waals surface area contributed by atoms with Crippen LogP contribution in [0.25, 0.3) is 0 Å². The van der Waals surface area contributed by atoms with Crippen molar-refractivity contribution in [3.05, 3.63) is 59.4 Å².